The van der Waals surface area contributed by atoms with Gasteiger partial charge in [-0.3, -0.25) is 0 Å². The summed E-state index contributed by atoms with van der Waals surface area (Å²) < 4.78 is 0. The average molecular weight is 189 g/mol. The summed E-state index contributed by atoms with van der Waals surface area (Å²) in [6.07, 6.45) is 8.03. The van der Waals surface area contributed by atoms with Gasteiger partial charge in [-0.25, -0.2) is 0 Å². The second-order valence-electron chi connectivity index (χ2n) is 4.32. The molecule has 0 radical (unpaired) electrons. The lowest BCUT2D eigenvalue weighted by Gasteiger charge is -2.12. The fourth-order valence-electron chi connectivity index (χ4n) is 1.77. The van der Waals surface area contributed by atoms with Crippen molar-refractivity contribution in [2.75, 3.05) is 0 Å². The predicted octanol–water partition coefficient (Wildman–Crippen LogP) is 4.22. The third kappa shape index (κ3) is 3.80. The Morgan fingerprint density at radius 2 is 1.92 bits per heavy atom. The molecular formula is C11H21Cl. The topological polar surface area (TPSA) is 0 Å². The summed E-state index contributed by atoms with van der Waals surface area (Å²) >= 11 is 6.22. The van der Waals surface area contributed by atoms with Gasteiger partial charge in [-0.1, -0.05) is 26.7 Å². The average Bonchev–Trinajstić information content (AvgIpc) is 2.83. The summed E-state index contributed by atoms with van der Waals surface area (Å²) in [7, 11) is 0. The van der Waals surface area contributed by atoms with Gasteiger partial charge in [-0.05, 0) is 37.5 Å². The Bertz CT molecular complexity index is 118. The van der Waals surface area contributed by atoms with Crippen LogP contribution in [0.1, 0.15) is 52.4 Å². The third-order valence-electron chi connectivity index (χ3n) is 2.85. The minimum Gasteiger partial charge on any atom is -0.123 e. The zero-order valence-electron chi connectivity index (χ0n) is 8.35. The van der Waals surface area contributed by atoms with Gasteiger partial charge in [0.1, 0.15) is 0 Å². The van der Waals surface area contributed by atoms with Crippen molar-refractivity contribution in [3.05, 3.63) is 0 Å². The van der Waals surface area contributed by atoms with Crippen LogP contribution in [0.3, 0.4) is 0 Å². The van der Waals surface area contributed by atoms with Gasteiger partial charge in [0, 0.05) is 5.38 Å². The lowest BCUT2D eigenvalue weighted by molar-refractivity contribution is 0.455. The Hall–Kier alpha value is 0.290. The molecule has 0 amide bonds. The lowest BCUT2D eigenvalue weighted by atomic mass is 9.98. The highest BCUT2D eigenvalue weighted by atomic mass is 35.5. The summed E-state index contributed by atoms with van der Waals surface area (Å²) in [6.45, 7) is 4.61. The molecule has 1 heteroatoms. The van der Waals surface area contributed by atoms with Crippen molar-refractivity contribution in [2.24, 2.45) is 11.8 Å². The highest BCUT2D eigenvalue weighted by Gasteiger charge is 2.29. The molecule has 0 N–H and O–H groups in total. The molecule has 12 heavy (non-hydrogen) atoms. The fraction of sp³-hybridized carbons (Fsp3) is 1.00. The van der Waals surface area contributed by atoms with Crippen molar-refractivity contribution in [1.29, 1.82) is 0 Å². The van der Waals surface area contributed by atoms with Crippen LogP contribution in [0.5, 0.6) is 0 Å². The van der Waals surface area contributed by atoms with Gasteiger partial charge in [0.05, 0.1) is 0 Å². The number of hydrogen-bond acceptors (Lipinski definition) is 0. The lowest BCUT2D eigenvalue weighted by Crippen LogP contribution is -2.04. The molecular weight excluding hydrogens is 168 g/mol. The molecule has 1 aliphatic carbocycles. The monoisotopic (exact) mass is 188 g/mol. The van der Waals surface area contributed by atoms with Crippen LogP contribution in [0.4, 0.5) is 0 Å². The molecule has 0 nitrogen and oxygen atoms in total. The van der Waals surface area contributed by atoms with E-state index in [1.807, 2.05) is 0 Å². The van der Waals surface area contributed by atoms with E-state index in [1.165, 1.54) is 38.5 Å². The molecule has 2 unspecified atom stereocenters. The van der Waals surface area contributed by atoms with E-state index in [-0.39, 0.29) is 0 Å². The van der Waals surface area contributed by atoms with Crippen LogP contribution in [0, 0.1) is 11.8 Å². The van der Waals surface area contributed by atoms with Crippen LogP contribution in [0.15, 0.2) is 0 Å². The van der Waals surface area contributed by atoms with Crippen molar-refractivity contribution >= 4 is 11.6 Å². The number of hydrogen-bond donors (Lipinski definition) is 0. The molecule has 72 valence electrons. The highest BCUT2D eigenvalue weighted by molar-refractivity contribution is 6.20. The maximum absolute atomic E-state index is 6.22. The van der Waals surface area contributed by atoms with Crippen LogP contribution in [-0.4, -0.2) is 5.38 Å². The zero-order valence-corrected chi connectivity index (χ0v) is 9.11. The molecule has 0 aliphatic heterocycles. The normalized spacial score (nSPS) is 22.2. The van der Waals surface area contributed by atoms with Gasteiger partial charge >= 0.3 is 0 Å². The first kappa shape index (κ1) is 10.4. The van der Waals surface area contributed by atoms with E-state index in [2.05, 4.69) is 13.8 Å². The quantitative estimate of drug-likeness (QED) is 0.548. The van der Waals surface area contributed by atoms with E-state index in [0.29, 0.717) is 5.38 Å². The molecule has 0 aromatic heterocycles. The molecule has 0 aromatic carbocycles. The first-order chi connectivity index (χ1) is 5.74. The largest absolute Gasteiger partial charge is 0.123 e. The van der Waals surface area contributed by atoms with Gasteiger partial charge in [-0.2, -0.15) is 0 Å². The van der Waals surface area contributed by atoms with Gasteiger partial charge in [0.15, 0.2) is 0 Å². The second-order valence-corrected chi connectivity index (χ2v) is 4.89. The molecule has 2 atom stereocenters. The van der Waals surface area contributed by atoms with E-state index in [9.17, 15) is 0 Å². The van der Waals surface area contributed by atoms with Crippen LogP contribution in [0.25, 0.3) is 0 Å². The summed E-state index contributed by atoms with van der Waals surface area (Å²) in [5, 5.41) is 0.490. The minimum atomic E-state index is 0.490. The van der Waals surface area contributed by atoms with Crippen molar-refractivity contribution in [2.45, 2.75) is 57.7 Å². The van der Waals surface area contributed by atoms with Gasteiger partial charge < -0.3 is 0 Å². The molecule has 1 aliphatic rings. The Balaban J connectivity index is 1.99. The molecule has 1 saturated carbocycles. The molecule has 0 heterocycles. The van der Waals surface area contributed by atoms with Gasteiger partial charge in [0.2, 0.25) is 0 Å². The SMILES string of the molecule is CCCC(C)CCC(Cl)C1CC1. The summed E-state index contributed by atoms with van der Waals surface area (Å²) in [4.78, 5) is 0. The van der Waals surface area contributed by atoms with Crippen molar-refractivity contribution in [3.63, 3.8) is 0 Å². The smallest absolute Gasteiger partial charge is 0.0364 e. The van der Waals surface area contributed by atoms with Crippen LogP contribution >= 0.6 is 11.6 Å². The van der Waals surface area contributed by atoms with Gasteiger partial charge in [-0.15, -0.1) is 11.6 Å². The predicted molar refractivity (Wildman–Crippen MR) is 55.7 cm³/mol. The van der Waals surface area contributed by atoms with Crippen molar-refractivity contribution in [1.82, 2.24) is 0 Å². The summed E-state index contributed by atoms with van der Waals surface area (Å²) in [6, 6.07) is 0. The second kappa shape index (κ2) is 5.11. The van der Waals surface area contributed by atoms with E-state index in [1.54, 1.807) is 0 Å². The Labute approximate surface area is 81.7 Å². The van der Waals surface area contributed by atoms with Crippen molar-refractivity contribution < 1.29 is 0 Å². The highest BCUT2D eigenvalue weighted by Crippen LogP contribution is 2.38. The first-order valence-corrected chi connectivity index (χ1v) is 5.81. The first-order valence-electron chi connectivity index (χ1n) is 5.38. The van der Waals surface area contributed by atoms with Crippen LogP contribution < -0.4 is 0 Å². The van der Waals surface area contributed by atoms with Crippen molar-refractivity contribution in [3.8, 4) is 0 Å². The van der Waals surface area contributed by atoms with Gasteiger partial charge in [0.25, 0.3) is 0 Å². The van der Waals surface area contributed by atoms with Crippen LogP contribution in [-0.2, 0) is 0 Å². The maximum Gasteiger partial charge on any atom is 0.0364 e. The molecule has 1 rings (SSSR count). The summed E-state index contributed by atoms with van der Waals surface area (Å²) in [5.74, 6) is 1.76. The number of alkyl halides is 1. The van der Waals surface area contributed by atoms with E-state index in [4.69, 9.17) is 11.6 Å². The minimum absolute atomic E-state index is 0.490. The zero-order chi connectivity index (χ0) is 8.97. The summed E-state index contributed by atoms with van der Waals surface area (Å²) in [5.41, 5.74) is 0. The Morgan fingerprint density at radius 3 is 2.42 bits per heavy atom. The van der Waals surface area contributed by atoms with Crippen LogP contribution in [0.2, 0.25) is 0 Å². The molecule has 0 aromatic rings. The standard InChI is InChI=1S/C11H21Cl/c1-3-4-9(2)5-8-11(12)10-6-7-10/h9-11H,3-8H2,1-2H3. The van der Waals surface area contributed by atoms with E-state index < -0.39 is 0 Å². The Kier molecular flexibility index (Phi) is 4.42. The molecule has 0 spiro atoms. The van der Waals surface area contributed by atoms with E-state index in [0.717, 1.165) is 11.8 Å². The number of halogens is 1. The third-order valence-corrected chi connectivity index (χ3v) is 3.42. The number of rotatable bonds is 6. The molecule has 0 saturated heterocycles. The van der Waals surface area contributed by atoms with E-state index >= 15 is 0 Å². The molecule has 1 fully saturated rings. The Morgan fingerprint density at radius 1 is 1.25 bits per heavy atom. The maximum atomic E-state index is 6.22. The fourth-order valence-corrected chi connectivity index (χ4v) is 2.15. The molecule has 0 bridgehead atoms.